The molecule has 130 valence electrons. The number of rotatable bonds is 4. The number of likely N-dealkylation sites (N-methyl/N-ethyl adjacent to an activating group) is 1. The standard InChI is InChI=1S/C20H23N3O2/c1-22(2)18-13-23(20-21-17-6-4-5-7-19(17)25-20)12-16(18)14-8-10-15(24-3)11-9-14/h4-11,16,18H,12-13H2,1-3H3/t16-,18+/m0/s1. The molecule has 0 saturated carbocycles. The quantitative estimate of drug-likeness (QED) is 0.730. The highest BCUT2D eigenvalue weighted by Gasteiger charge is 2.37. The summed E-state index contributed by atoms with van der Waals surface area (Å²) in [6.07, 6.45) is 0. The van der Waals surface area contributed by atoms with E-state index in [0.29, 0.717) is 18.0 Å². The Morgan fingerprint density at radius 3 is 2.52 bits per heavy atom. The number of fused-ring (bicyclic) bond motifs is 1. The molecule has 0 bridgehead atoms. The number of hydrogen-bond acceptors (Lipinski definition) is 5. The van der Waals surface area contributed by atoms with Crippen molar-refractivity contribution in [2.24, 2.45) is 0 Å². The lowest BCUT2D eigenvalue weighted by Gasteiger charge is -2.25. The molecule has 0 aliphatic carbocycles. The second kappa shape index (κ2) is 6.41. The summed E-state index contributed by atoms with van der Waals surface area (Å²) in [6.45, 7) is 1.79. The molecule has 1 aliphatic heterocycles. The van der Waals surface area contributed by atoms with E-state index < -0.39 is 0 Å². The average molecular weight is 337 g/mol. The van der Waals surface area contributed by atoms with Crippen LogP contribution in [0.25, 0.3) is 11.1 Å². The van der Waals surface area contributed by atoms with E-state index in [1.54, 1.807) is 7.11 Å². The van der Waals surface area contributed by atoms with E-state index in [9.17, 15) is 0 Å². The number of benzene rings is 2. The van der Waals surface area contributed by atoms with Gasteiger partial charge in [0.25, 0.3) is 6.01 Å². The van der Waals surface area contributed by atoms with Crippen LogP contribution in [0.3, 0.4) is 0 Å². The van der Waals surface area contributed by atoms with Gasteiger partial charge in [0, 0.05) is 25.0 Å². The molecule has 5 heteroatoms. The molecular weight excluding hydrogens is 314 g/mol. The number of methoxy groups -OCH3 is 1. The van der Waals surface area contributed by atoms with E-state index in [2.05, 4.69) is 41.0 Å². The molecule has 4 rings (SSSR count). The van der Waals surface area contributed by atoms with Crippen molar-refractivity contribution < 1.29 is 9.15 Å². The van der Waals surface area contributed by atoms with E-state index in [4.69, 9.17) is 9.15 Å². The summed E-state index contributed by atoms with van der Waals surface area (Å²) in [4.78, 5) is 9.20. The first-order valence-electron chi connectivity index (χ1n) is 8.56. The van der Waals surface area contributed by atoms with Gasteiger partial charge in [0.2, 0.25) is 0 Å². The SMILES string of the molecule is COc1ccc([C@@H]2CN(c3nc4ccccc4o3)C[C@H]2N(C)C)cc1. The zero-order chi connectivity index (χ0) is 17.4. The van der Waals surface area contributed by atoms with Crippen LogP contribution in [0.4, 0.5) is 6.01 Å². The largest absolute Gasteiger partial charge is 0.497 e. The molecule has 5 nitrogen and oxygen atoms in total. The third-order valence-corrected chi connectivity index (χ3v) is 5.05. The number of para-hydroxylation sites is 2. The highest BCUT2D eigenvalue weighted by atomic mass is 16.5. The highest BCUT2D eigenvalue weighted by molar-refractivity contribution is 5.74. The minimum absolute atomic E-state index is 0.399. The highest BCUT2D eigenvalue weighted by Crippen LogP contribution is 2.34. The maximum atomic E-state index is 5.98. The van der Waals surface area contributed by atoms with Crippen LogP contribution in [0.1, 0.15) is 11.5 Å². The minimum Gasteiger partial charge on any atom is -0.497 e. The fourth-order valence-corrected chi connectivity index (χ4v) is 3.64. The van der Waals surface area contributed by atoms with Crippen LogP contribution in [0.15, 0.2) is 52.9 Å². The van der Waals surface area contributed by atoms with Crippen molar-refractivity contribution in [3.63, 3.8) is 0 Å². The maximum absolute atomic E-state index is 5.98. The second-order valence-corrected chi connectivity index (χ2v) is 6.78. The molecule has 0 N–H and O–H groups in total. The Balaban J connectivity index is 1.63. The van der Waals surface area contributed by atoms with Gasteiger partial charge in [-0.1, -0.05) is 24.3 Å². The molecule has 0 unspecified atom stereocenters. The van der Waals surface area contributed by atoms with Crippen molar-refractivity contribution in [1.82, 2.24) is 9.88 Å². The number of nitrogens with zero attached hydrogens (tertiary/aromatic N) is 3. The molecule has 1 aromatic heterocycles. The Morgan fingerprint density at radius 2 is 1.84 bits per heavy atom. The zero-order valence-corrected chi connectivity index (χ0v) is 14.8. The van der Waals surface area contributed by atoms with Gasteiger partial charge in [0.1, 0.15) is 11.3 Å². The summed E-state index contributed by atoms with van der Waals surface area (Å²) >= 11 is 0. The molecule has 2 aromatic carbocycles. The lowest BCUT2D eigenvalue weighted by Crippen LogP contribution is -2.34. The Bertz CT molecular complexity index is 824. The van der Waals surface area contributed by atoms with E-state index in [-0.39, 0.29) is 0 Å². The number of anilines is 1. The minimum atomic E-state index is 0.399. The zero-order valence-electron chi connectivity index (χ0n) is 14.8. The van der Waals surface area contributed by atoms with Crippen LogP contribution >= 0.6 is 0 Å². The molecular formula is C20H23N3O2. The Kier molecular flexibility index (Phi) is 4.09. The number of oxazole rings is 1. The first kappa shape index (κ1) is 16.0. The summed E-state index contributed by atoms with van der Waals surface area (Å²) in [6, 6.07) is 17.4. The molecule has 0 radical (unpaired) electrons. The Morgan fingerprint density at radius 1 is 1.08 bits per heavy atom. The molecule has 25 heavy (non-hydrogen) atoms. The van der Waals surface area contributed by atoms with Gasteiger partial charge in [-0.15, -0.1) is 0 Å². The molecule has 1 aliphatic rings. The fraction of sp³-hybridized carbons (Fsp3) is 0.350. The summed E-state index contributed by atoms with van der Waals surface area (Å²) in [5, 5.41) is 0. The fourth-order valence-electron chi connectivity index (χ4n) is 3.64. The van der Waals surface area contributed by atoms with E-state index >= 15 is 0 Å². The molecule has 0 amide bonds. The van der Waals surface area contributed by atoms with Crippen molar-refractivity contribution >= 4 is 17.1 Å². The molecule has 2 heterocycles. The number of hydrogen-bond donors (Lipinski definition) is 0. The van der Waals surface area contributed by atoms with Crippen LogP contribution in [-0.4, -0.2) is 50.2 Å². The van der Waals surface area contributed by atoms with Crippen LogP contribution in [-0.2, 0) is 0 Å². The van der Waals surface area contributed by atoms with Crippen molar-refractivity contribution in [1.29, 1.82) is 0 Å². The van der Waals surface area contributed by atoms with Crippen molar-refractivity contribution in [3.8, 4) is 5.75 Å². The van der Waals surface area contributed by atoms with E-state index in [1.165, 1.54) is 5.56 Å². The lowest BCUT2D eigenvalue weighted by atomic mass is 9.94. The second-order valence-electron chi connectivity index (χ2n) is 6.78. The monoisotopic (exact) mass is 337 g/mol. The van der Waals surface area contributed by atoms with Gasteiger partial charge in [0.15, 0.2) is 5.58 Å². The van der Waals surface area contributed by atoms with Crippen molar-refractivity contribution in [3.05, 3.63) is 54.1 Å². The van der Waals surface area contributed by atoms with Gasteiger partial charge in [-0.3, -0.25) is 0 Å². The number of ether oxygens (including phenoxy) is 1. The molecule has 3 aromatic rings. The Hall–Kier alpha value is -2.53. The van der Waals surface area contributed by atoms with Gasteiger partial charge < -0.3 is 19.0 Å². The summed E-state index contributed by atoms with van der Waals surface area (Å²) < 4.78 is 11.3. The van der Waals surface area contributed by atoms with E-state index in [1.807, 2.05) is 36.4 Å². The first-order valence-corrected chi connectivity index (χ1v) is 8.56. The van der Waals surface area contributed by atoms with Crippen molar-refractivity contribution in [2.75, 3.05) is 39.2 Å². The smallest absolute Gasteiger partial charge is 0.298 e. The van der Waals surface area contributed by atoms with Gasteiger partial charge in [-0.25, -0.2) is 0 Å². The van der Waals surface area contributed by atoms with Crippen LogP contribution < -0.4 is 9.64 Å². The summed E-state index contributed by atoms with van der Waals surface area (Å²) in [5.41, 5.74) is 3.07. The van der Waals surface area contributed by atoms with E-state index in [0.717, 1.165) is 29.9 Å². The van der Waals surface area contributed by atoms with Crippen LogP contribution in [0.5, 0.6) is 5.75 Å². The molecule has 0 spiro atoms. The third-order valence-electron chi connectivity index (χ3n) is 5.05. The average Bonchev–Trinajstić information content (AvgIpc) is 3.26. The lowest BCUT2D eigenvalue weighted by molar-refractivity contribution is 0.292. The Labute approximate surface area is 147 Å². The van der Waals surface area contributed by atoms with Crippen LogP contribution in [0.2, 0.25) is 0 Å². The molecule has 2 atom stereocenters. The van der Waals surface area contributed by atoms with Gasteiger partial charge in [-0.2, -0.15) is 4.98 Å². The predicted molar refractivity (Wildman–Crippen MR) is 99.4 cm³/mol. The summed E-state index contributed by atoms with van der Waals surface area (Å²) in [7, 11) is 5.97. The third kappa shape index (κ3) is 2.96. The summed E-state index contributed by atoms with van der Waals surface area (Å²) in [5.74, 6) is 1.29. The first-order chi connectivity index (χ1) is 12.2. The van der Waals surface area contributed by atoms with Gasteiger partial charge in [-0.05, 0) is 43.9 Å². The molecule has 1 fully saturated rings. The predicted octanol–water partition coefficient (Wildman–Crippen LogP) is 3.37. The van der Waals surface area contributed by atoms with Crippen molar-refractivity contribution in [2.45, 2.75) is 12.0 Å². The topological polar surface area (TPSA) is 41.7 Å². The normalized spacial score (nSPS) is 20.6. The van der Waals surface area contributed by atoms with Gasteiger partial charge in [0.05, 0.1) is 7.11 Å². The number of aromatic nitrogens is 1. The maximum Gasteiger partial charge on any atom is 0.298 e. The molecule has 1 saturated heterocycles. The van der Waals surface area contributed by atoms with Crippen LogP contribution in [0, 0.1) is 0 Å². The van der Waals surface area contributed by atoms with Gasteiger partial charge >= 0.3 is 0 Å².